The molecule has 0 spiro atoms. The van der Waals surface area contributed by atoms with Crippen molar-refractivity contribution in [2.75, 3.05) is 26.9 Å². The van der Waals surface area contributed by atoms with Gasteiger partial charge in [0.2, 0.25) is 0 Å². The average molecular weight is 710 g/mol. The summed E-state index contributed by atoms with van der Waals surface area (Å²) < 4.78 is 18.5. The Hall–Kier alpha value is -2.07. The van der Waals surface area contributed by atoms with Crippen LogP contribution in [0.15, 0.2) is 52.9 Å². The highest BCUT2D eigenvalue weighted by molar-refractivity contribution is 14.1. The quantitative estimate of drug-likeness (QED) is 0.184. The third kappa shape index (κ3) is 6.33. The van der Waals surface area contributed by atoms with Crippen molar-refractivity contribution in [1.29, 1.82) is 0 Å². The fourth-order valence-corrected chi connectivity index (χ4v) is 7.23. The van der Waals surface area contributed by atoms with Crippen molar-refractivity contribution < 1.29 is 23.8 Å². The number of hydrogen-bond acceptors (Lipinski definition) is 6. The number of carbonyl (C=O) groups excluding carboxylic acids is 2. The molecule has 9 heteroatoms. The first-order chi connectivity index (χ1) is 19.8. The summed E-state index contributed by atoms with van der Waals surface area (Å²) in [4.78, 5) is 29.5. The SMILES string of the molecule is CCOc1cc(C2C3=C(CCCC3=O)N(CCCOC)C3=C2C(=O)CCC3)cc(I)c1OCc1ccc(Cl)c(Cl)c1. The molecule has 0 aromatic heterocycles. The van der Waals surface area contributed by atoms with Crippen LogP contribution in [0.1, 0.15) is 68.9 Å². The lowest BCUT2D eigenvalue weighted by Gasteiger charge is -2.44. The average Bonchev–Trinajstić information content (AvgIpc) is 2.95. The number of hydrogen-bond donors (Lipinski definition) is 0. The topological polar surface area (TPSA) is 65.1 Å². The minimum absolute atomic E-state index is 0.130. The Morgan fingerprint density at radius 1 is 0.927 bits per heavy atom. The maximum Gasteiger partial charge on any atom is 0.174 e. The summed E-state index contributed by atoms with van der Waals surface area (Å²) in [7, 11) is 1.70. The van der Waals surface area contributed by atoms with Crippen molar-refractivity contribution in [3.05, 3.63) is 77.6 Å². The Bertz CT molecular complexity index is 1380. The van der Waals surface area contributed by atoms with Crippen molar-refractivity contribution in [1.82, 2.24) is 4.90 Å². The van der Waals surface area contributed by atoms with E-state index in [4.69, 9.17) is 37.4 Å². The second-order valence-electron chi connectivity index (χ2n) is 10.5. The maximum atomic E-state index is 13.6. The lowest BCUT2D eigenvalue weighted by molar-refractivity contribution is -0.117. The highest BCUT2D eigenvalue weighted by Gasteiger charge is 2.43. The minimum atomic E-state index is -0.406. The van der Waals surface area contributed by atoms with Gasteiger partial charge in [-0.3, -0.25) is 9.59 Å². The van der Waals surface area contributed by atoms with Crippen LogP contribution >= 0.6 is 45.8 Å². The first-order valence-corrected chi connectivity index (χ1v) is 16.0. The molecular formula is C32H34Cl2INO5. The summed E-state index contributed by atoms with van der Waals surface area (Å²) in [5, 5.41) is 0.963. The van der Waals surface area contributed by atoms with Crippen LogP contribution in [-0.2, 0) is 20.9 Å². The van der Waals surface area contributed by atoms with E-state index < -0.39 is 5.92 Å². The molecule has 1 heterocycles. The molecule has 0 amide bonds. The van der Waals surface area contributed by atoms with Crippen molar-refractivity contribution in [3.63, 3.8) is 0 Å². The van der Waals surface area contributed by atoms with Crippen LogP contribution in [0.4, 0.5) is 0 Å². The number of methoxy groups -OCH3 is 1. The lowest BCUT2D eigenvalue weighted by atomic mass is 9.71. The van der Waals surface area contributed by atoms with Crippen LogP contribution in [0.5, 0.6) is 11.5 Å². The van der Waals surface area contributed by atoms with Gasteiger partial charge in [-0.25, -0.2) is 0 Å². The molecule has 6 nitrogen and oxygen atoms in total. The van der Waals surface area contributed by atoms with E-state index in [9.17, 15) is 9.59 Å². The molecule has 2 aromatic rings. The summed E-state index contributed by atoms with van der Waals surface area (Å²) in [6.45, 7) is 4.03. The van der Waals surface area contributed by atoms with Crippen LogP contribution in [0, 0.1) is 3.57 Å². The van der Waals surface area contributed by atoms with Gasteiger partial charge in [0.1, 0.15) is 6.61 Å². The van der Waals surface area contributed by atoms with Gasteiger partial charge in [-0.2, -0.15) is 0 Å². The zero-order chi connectivity index (χ0) is 29.1. The molecule has 1 aliphatic heterocycles. The summed E-state index contributed by atoms with van der Waals surface area (Å²) in [5.41, 5.74) is 5.46. The number of halogens is 3. The monoisotopic (exact) mass is 709 g/mol. The van der Waals surface area contributed by atoms with E-state index in [0.717, 1.165) is 75.9 Å². The van der Waals surface area contributed by atoms with Crippen LogP contribution in [-0.4, -0.2) is 43.3 Å². The van der Waals surface area contributed by atoms with Gasteiger partial charge >= 0.3 is 0 Å². The van der Waals surface area contributed by atoms with E-state index in [1.165, 1.54) is 0 Å². The van der Waals surface area contributed by atoms with Crippen LogP contribution < -0.4 is 9.47 Å². The second-order valence-corrected chi connectivity index (χ2v) is 12.5. The number of rotatable bonds is 10. The molecule has 0 radical (unpaired) electrons. The molecule has 5 rings (SSSR count). The summed E-state index contributed by atoms with van der Waals surface area (Å²) in [5.74, 6) is 1.06. The summed E-state index contributed by atoms with van der Waals surface area (Å²) in [6, 6.07) is 9.41. The number of carbonyl (C=O) groups is 2. The predicted octanol–water partition coefficient (Wildman–Crippen LogP) is 8.03. The van der Waals surface area contributed by atoms with Gasteiger partial charge in [-0.15, -0.1) is 0 Å². The standard InChI is InChI=1S/C32H34Cl2INO5/c1-3-40-28-17-20(16-23(35)32(28)41-18-19-11-12-21(33)22(34)15-19)29-30-24(7-4-9-26(30)37)36(13-6-14-39-2)25-8-5-10-27(38)31(25)29/h11-12,15-17,29H,3-10,13-14,18H2,1-2H3. The third-order valence-corrected chi connectivity index (χ3v) is 9.39. The molecule has 0 bridgehead atoms. The smallest absolute Gasteiger partial charge is 0.174 e. The Morgan fingerprint density at radius 2 is 1.61 bits per heavy atom. The molecule has 2 aromatic carbocycles. The molecule has 2 aliphatic carbocycles. The van der Waals surface area contributed by atoms with E-state index in [0.29, 0.717) is 47.6 Å². The Balaban J connectivity index is 1.58. The molecular weight excluding hydrogens is 676 g/mol. The number of nitrogens with zero attached hydrogens (tertiary/aromatic N) is 1. The number of ketones is 2. The molecule has 3 aliphatic rings. The minimum Gasteiger partial charge on any atom is -0.490 e. The van der Waals surface area contributed by atoms with E-state index in [-0.39, 0.29) is 18.2 Å². The van der Waals surface area contributed by atoms with Crippen molar-refractivity contribution >= 4 is 57.4 Å². The fraction of sp³-hybridized carbons (Fsp3) is 0.438. The first kappa shape index (κ1) is 30.4. The van der Waals surface area contributed by atoms with Crippen molar-refractivity contribution in [2.24, 2.45) is 0 Å². The molecule has 0 saturated carbocycles. The molecule has 0 N–H and O–H groups in total. The number of ether oxygens (including phenoxy) is 3. The molecule has 0 atom stereocenters. The zero-order valence-electron chi connectivity index (χ0n) is 23.4. The van der Waals surface area contributed by atoms with Gasteiger partial charge in [0.25, 0.3) is 0 Å². The van der Waals surface area contributed by atoms with Crippen LogP contribution in [0.2, 0.25) is 10.0 Å². The van der Waals surface area contributed by atoms with Gasteiger partial charge in [-0.1, -0.05) is 29.3 Å². The molecule has 218 valence electrons. The molecule has 0 saturated heterocycles. The van der Waals surface area contributed by atoms with Gasteiger partial charge in [0, 0.05) is 61.6 Å². The number of Topliss-reactive ketones (excluding diaryl/α,β-unsaturated/α-hetero) is 2. The summed E-state index contributed by atoms with van der Waals surface area (Å²) in [6.07, 6.45) is 5.13. The fourth-order valence-electron chi connectivity index (χ4n) is 6.13. The lowest BCUT2D eigenvalue weighted by Crippen LogP contribution is -2.39. The summed E-state index contributed by atoms with van der Waals surface area (Å²) >= 11 is 14.5. The number of benzene rings is 2. The highest BCUT2D eigenvalue weighted by atomic mass is 127. The van der Waals surface area contributed by atoms with E-state index in [1.807, 2.05) is 25.1 Å². The molecule has 41 heavy (non-hydrogen) atoms. The highest BCUT2D eigenvalue weighted by Crippen LogP contribution is 2.50. The van der Waals surface area contributed by atoms with E-state index in [2.05, 4.69) is 27.5 Å². The van der Waals surface area contributed by atoms with Crippen molar-refractivity contribution in [3.8, 4) is 11.5 Å². The normalized spacial score (nSPS) is 17.6. The molecule has 0 fully saturated rings. The first-order valence-electron chi connectivity index (χ1n) is 14.2. The van der Waals surface area contributed by atoms with Gasteiger partial charge < -0.3 is 19.1 Å². The van der Waals surface area contributed by atoms with Crippen LogP contribution in [0.3, 0.4) is 0 Å². The van der Waals surface area contributed by atoms with Crippen LogP contribution in [0.25, 0.3) is 0 Å². The van der Waals surface area contributed by atoms with E-state index in [1.54, 1.807) is 19.2 Å². The molecule has 0 unspecified atom stereocenters. The second kappa shape index (κ2) is 13.5. The van der Waals surface area contributed by atoms with Crippen molar-refractivity contribution in [2.45, 2.75) is 64.4 Å². The van der Waals surface area contributed by atoms with E-state index >= 15 is 0 Å². The Labute approximate surface area is 265 Å². The zero-order valence-corrected chi connectivity index (χ0v) is 27.0. The van der Waals surface area contributed by atoms with Gasteiger partial charge in [0.05, 0.1) is 20.2 Å². The largest absolute Gasteiger partial charge is 0.490 e. The van der Waals surface area contributed by atoms with Gasteiger partial charge in [-0.05, 0) is 97.0 Å². The third-order valence-electron chi connectivity index (χ3n) is 7.85. The number of allylic oxidation sites excluding steroid dienone is 4. The maximum absolute atomic E-state index is 13.6. The van der Waals surface area contributed by atoms with Gasteiger partial charge in [0.15, 0.2) is 23.1 Å². The Morgan fingerprint density at radius 3 is 2.22 bits per heavy atom. The predicted molar refractivity (Wildman–Crippen MR) is 169 cm³/mol. The Kier molecular flexibility index (Phi) is 10.00.